The molecule has 1 aromatic carbocycles. The Balaban J connectivity index is 1.75. The minimum Gasteiger partial charge on any atom is -0.506 e. The molecule has 1 aliphatic heterocycles. The van der Waals surface area contributed by atoms with E-state index in [0.717, 1.165) is 25.8 Å². The van der Waals surface area contributed by atoms with Crippen LogP contribution >= 0.6 is 0 Å². The van der Waals surface area contributed by atoms with Gasteiger partial charge in [0, 0.05) is 12.1 Å². The molecule has 7 nitrogen and oxygen atoms in total. The van der Waals surface area contributed by atoms with Crippen molar-refractivity contribution in [1.29, 1.82) is 0 Å². The van der Waals surface area contributed by atoms with E-state index in [0.29, 0.717) is 11.8 Å². The van der Waals surface area contributed by atoms with Gasteiger partial charge in [0.2, 0.25) is 5.91 Å². The van der Waals surface area contributed by atoms with Crippen molar-refractivity contribution >= 4 is 17.3 Å². The van der Waals surface area contributed by atoms with E-state index in [2.05, 4.69) is 10.6 Å². The van der Waals surface area contributed by atoms with Crippen molar-refractivity contribution in [1.82, 2.24) is 5.32 Å². The molecule has 2 aliphatic rings. The third-order valence-electron chi connectivity index (χ3n) is 4.48. The summed E-state index contributed by atoms with van der Waals surface area (Å²) in [4.78, 5) is 22.5. The first-order chi connectivity index (χ1) is 10.1. The Bertz CT molecular complexity index is 590. The average Bonchev–Trinajstić information content (AvgIpc) is 3.03. The lowest BCUT2D eigenvalue weighted by Gasteiger charge is -2.18. The molecular formula is C14H17N3O4. The lowest BCUT2D eigenvalue weighted by molar-refractivity contribution is -0.384. The Morgan fingerprint density at radius 3 is 3.00 bits per heavy atom. The minimum atomic E-state index is -0.560. The largest absolute Gasteiger partial charge is 0.506 e. The Labute approximate surface area is 121 Å². The summed E-state index contributed by atoms with van der Waals surface area (Å²) in [6, 6.07) is 3.31. The van der Waals surface area contributed by atoms with Crippen LogP contribution in [0.3, 0.4) is 0 Å². The second-order valence-corrected chi connectivity index (χ2v) is 5.69. The number of nitro groups is 1. The number of phenolic OH excluding ortho intramolecular Hbond substituents is 1. The molecule has 0 spiro atoms. The summed E-state index contributed by atoms with van der Waals surface area (Å²) in [6.45, 7) is 0.837. The number of nitrogens with one attached hydrogen (secondary N) is 2. The summed E-state index contributed by atoms with van der Waals surface area (Å²) >= 11 is 0. The molecule has 3 rings (SSSR count). The molecule has 0 bridgehead atoms. The molecule has 21 heavy (non-hydrogen) atoms. The Kier molecular flexibility index (Phi) is 3.50. The standard InChI is InChI=1S/C14H17N3O4/c18-12-5-4-9(17(20)21)6-11(12)16-14(19)13-10-3-1-2-8(10)7-15-13/h4-6,8,10,13,15,18H,1-3,7H2,(H,16,19). The number of fused-ring (bicyclic) bond motifs is 1. The molecule has 3 atom stereocenters. The number of nitrogens with zero attached hydrogens (tertiary/aromatic N) is 1. The van der Waals surface area contributed by atoms with Crippen molar-refractivity contribution in [3.63, 3.8) is 0 Å². The van der Waals surface area contributed by atoms with E-state index in [4.69, 9.17) is 0 Å². The Morgan fingerprint density at radius 2 is 2.24 bits per heavy atom. The van der Waals surface area contributed by atoms with Gasteiger partial charge in [-0.15, -0.1) is 0 Å². The molecule has 1 saturated heterocycles. The van der Waals surface area contributed by atoms with Crippen LogP contribution in [0.25, 0.3) is 0 Å². The van der Waals surface area contributed by atoms with Gasteiger partial charge in [0.1, 0.15) is 5.75 Å². The summed E-state index contributed by atoms with van der Waals surface area (Å²) in [5, 5.41) is 26.3. The smallest absolute Gasteiger partial charge is 0.271 e. The van der Waals surface area contributed by atoms with Gasteiger partial charge >= 0.3 is 0 Å². The molecule has 7 heteroatoms. The maximum atomic E-state index is 12.3. The van der Waals surface area contributed by atoms with Crippen LogP contribution in [0.5, 0.6) is 5.75 Å². The number of benzene rings is 1. The molecule has 2 fully saturated rings. The molecule has 1 amide bonds. The van der Waals surface area contributed by atoms with Gasteiger partial charge in [-0.2, -0.15) is 0 Å². The number of aromatic hydroxyl groups is 1. The van der Waals surface area contributed by atoms with Crippen LogP contribution < -0.4 is 10.6 Å². The average molecular weight is 291 g/mol. The predicted octanol–water partition coefficient (Wildman–Crippen LogP) is 1.63. The van der Waals surface area contributed by atoms with Crippen molar-refractivity contribution in [2.75, 3.05) is 11.9 Å². The van der Waals surface area contributed by atoms with Gasteiger partial charge in [0.15, 0.2) is 0 Å². The van der Waals surface area contributed by atoms with E-state index >= 15 is 0 Å². The molecule has 3 unspecified atom stereocenters. The second kappa shape index (κ2) is 5.33. The highest BCUT2D eigenvalue weighted by Crippen LogP contribution is 2.38. The first kappa shape index (κ1) is 13.8. The van der Waals surface area contributed by atoms with Crippen molar-refractivity contribution in [3.05, 3.63) is 28.3 Å². The fourth-order valence-corrected chi connectivity index (χ4v) is 3.42. The quantitative estimate of drug-likeness (QED) is 0.446. The summed E-state index contributed by atoms with van der Waals surface area (Å²) in [6.07, 6.45) is 3.31. The lowest BCUT2D eigenvalue weighted by Crippen LogP contribution is -2.39. The van der Waals surface area contributed by atoms with E-state index in [-0.39, 0.29) is 29.1 Å². The third kappa shape index (κ3) is 2.56. The summed E-state index contributed by atoms with van der Waals surface area (Å²) in [5.74, 6) is 0.459. The van der Waals surface area contributed by atoms with Gasteiger partial charge in [-0.3, -0.25) is 14.9 Å². The number of rotatable bonds is 3. The zero-order valence-electron chi connectivity index (χ0n) is 11.4. The molecule has 1 saturated carbocycles. The van der Waals surface area contributed by atoms with Gasteiger partial charge in [0.25, 0.3) is 5.69 Å². The number of non-ortho nitro benzene ring substituents is 1. The number of hydrogen-bond donors (Lipinski definition) is 3. The highest BCUT2D eigenvalue weighted by Gasteiger charge is 2.42. The van der Waals surface area contributed by atoms with E-state index in [1.165, 1.54) is 18.2 Å². The van der Waals surface area contributed by atoms with Gasteiger partial charge in [-0.05, 0) is 37.3 Å². The molecule has 3 N–H and O–H groups in total. The summed E-state index contributed by atoms with van der Waals surface area (Å²) < 4.78 is 0. The topological polar surface area (TPSA) is 104 Å². The van der Waals surface area contributed by atoms with Crippen LogP contribution in [-0.2, 0) is 4.79 Å². The van der Waals surface area contributed by atoms with Crippen molar-refractivity contribution in [2.45, 2.75) is 25.3 Å². The van der Waals surface area contributed by atoms with Crippen molar-refractivity contribution in [2.24, 2.45) is 11.8 Å². The number of amides is 1. The number of anilines is 1. The predicted molar refractivity (Wildman–Crippen MR) is 76.0 cm³/mol. The van der Waals surface area contributed by atoms with Crippen LogP contribution in [0.4, 0.5) is 11.4 Å². The second-order valence-electron chi connectivity index (χ2n) is 5.69. The first-order valence-corrected chi connectivity index (χ1v) is 7.08. The van der Waals surface area contributed by atoms with E-state index in [9.17, 15) is 20.0 Å². The Morgan fingerprint density at radius 1 is 1.43 bits per heavy atom. The third-order valence-corrected chi connectivity index (χ3v) is 4.48. The zero-order chi connectivity index (χ0) is 15.0. The summed E-state index contributed by atoms with van der Waals surface area (Å²) in [5.41, 5.74) is -0.0846. The molecule has 0 aromatic heterocycles. The van der Waals surface area contributed by atoms with Crippen LogP contribution in [0.2, 0.25) is 0 Å². The fraction of sp³-hybridized carbons (Fsp3) is 0.500. The monoisotopic (exact) mass is 291 g/mol. The normalized spacial score (nSPS) is 27.3. The SMILES string of the molecule is O=C(Nc1cc([N+](=O)[O-])ccc1O)C1NCC2CCCC21. The molecule has 1 aromatic rings. The number of carbonyl (C=O) groups excluding carboxylic acids is 1. The fourth-order valence-electron chi connectivity index (χ4n) is 3.42. The van der Waals surface area contributed by atoms with Crippen LogP contribution in [-0.4, -0.2) is 28.5 Å². The number of carbonyl (C=O) groups is 1. The van der Waals surface area contributed by atoms with Crippen molar-refractivity contribution in [3.8, 4) is 5.75 Å². The van der Waals surface area contributed by atoms with E-state index in [1.54, 1.807) is 0 Å². The number of phenols is 1. The van der Waals surface area contributed by atoms with Gasteiger partial charge < -0.3 is 15.7 Å². The zero-order valence-corrected chi connectivity index (χ0v) is 11.4. The number of hydrogen-bond acceptors (Lipinski definition) is 5. The van der Waals surface area contributed by atoms with Gasteiger partial charge in [-0.1, -0.05) is 6.42 Å². The van der Waals surface area contributed by atoms with E-state index < -0.39 is 4.92 Å². The minimum absolute atomic E-state index is 0.0810. The maximum Gasteiger partial charge on any atom is 0.271 e. The maximum absolute atomic E-state index is 12.3. The molecule has 112 valence electrons. The van der Waals surface area contributed by atoms with Gasteiger partial charge in [-0.25, -0.2) is 0 Å². The van der Waals surface area contributed by atoms with Crippen LogP contribution in [0.15, 0.2) is 18.2 Å². The van der Waals surface area contributed by atoms with Crippen LogP contribution in [0.1, 0.15) is 19.3 Å². The molecule has 0 radical (unpaired) electrons. The number of nitro benzene ring substituents is 1. The first-order valence-electron chi connectivity index (χ1n) is 7.08. The molecular weight excluding hydrogens is 274 g/mol. The van der Waals surface area contributed by atoms with E-state index in [1.807, 2.05) is 0 Å². The lowest BCUT2D eigenvalue weighted by atomic mass is 9.93. The molecule has 1 heterocycles. The highest BCUT2D eigenvalue weighted by atomic mass is 16.6. The Hall–Kier alpha value is -2.15. The van der Waals surface area contributed by atoms with Crippen molar-refractivity contribution < 1.29 is 14.8 Å². The summed E-state index contributed by atoms with van der Waals surface area (Å²) in [7, 11) is 0. The highest BCUT2D eigenvalue weighted by molar-refractivity contribution is 5.96. The van der Waals surface area contributed by atoms with Gasteiger partial charge in [0.05, 0.1) is 16.7 Å². The van der Waals surface area contributed by atoms with Crippen LogP contribution in [0, 0.1) is 22.0 Å². The molecule has 1 aliphatic carbocycles.